The maximum atomic E-state index is 11.3. The second-order valence-corrected chi connectivity index (χ2v) is 4.59. The summed E-state index contributed by atoms with van der Waals surface area (Å²) < 4.78 is 5.08. The zero-order chi connectivity index (χ0) is 11.4. The zero-order valence-electron chi connectivity index (χ0n) is 8.86. The lowest BCUT2D eigenvalue weighted by Crippen LogP contribution is -2.45. The summed E-state index contributed by atoms with van der Waals surface area (Å²) in [6.45, 7) is 0.309. The number of benzene rings is 1. The van der Waals surface area contributed by atoms with Gasteiger partial charge in [0.1, 0.15) is 6.61 Å². The number of hydrogen-bond acceptors (Lipinski definition) is 2. The first-order chi connectivity index (χ1) is 7.74. The zero-order valence-corrected chi connectivity index (χ0v) is 9.61. The summed E-state index contributed by atoms with van der Waals surface area (Å²) in [5.74, 6) is 0. The van der Waals surface area contributed by atoms with E-state index in [1.165, 1.54) is 0 Å². The third-order valence-corrected chi connectivity index (χ3v) is 2.97. The van der Waals surface area contributed by atoms with Gasteiger partial charge in [0, 0.05) is 11.4 Å². The first-order valence-corrected chi connectivity index (χ1v) is 5.79. The number of alkyl carbamates (subject to hydrolysis) is 1. The van der Waals surface area contributed by atoms with E-state index in [1.807, 2.05) is 30.3 Å². The third-order valence-electron chi connectivity index (χ3n) is 2.62. The van der Waals surface area contributed by atoms with Gasteiger partial charge in [-0.1, -0.05) is 30.3 Å². The van der Waals surface area contributed by atoms with Crippen LogP contribution in [0, 0.1) is 0 Å². The van der Waals surface area contributed by atoms with Gasteiger partial charge >= 0.3 is 6.09 Å². The fraction of sp³-hybridized carbons (Fsp3) is 0.417. The Morgan fingerprint density at radius 2 is 2.06 bits per heavy atom. The van der Waals surface area contributed by atoms with Crippen LogP contribution in [0.15, 0.2) is 30.3 Å². The smallest absolute Gasteiger partial charge is 0.407 e. The molecule has 2 rings (SSSR count). The summed E-state index contributed by atoms with van der Waals surface area (Å²) in [7, 11) is 0. The minimum atomic E-state index is -0.364. The van der Waals surface area contributed by atoms with Gasteiger partial charge in [0.2, 0.25) is 0 Å². The van der Waals surface area contributed by atoms with E-state index in [9.17, 15) is 4.79 Å². The molecule has 0 unspecified atom stereocenters. The van der Waals surface area contributed by atoms with E-state index < -0.39 is 0 Å². The monoisotopic (exact) mass is 239 g/mol. The molecule has 16 heavy (non-hydrogen) atoms. The Balaban J connectivity index is 1.68. The van der Waals surface area contributed by atoms with E-state index in [0.29, 0.717) is 6.61 Å². The molecule has 0 spiro atoms. The number of carbonyl (C=O) groups is 1. The second-order valence-electron chi connectivity index (χ2n) is 3.97. The van der Waals surface area contributed by atoms with Gasteiger partial charge in [-0.2, -0.15) is 0 Å². The number of rotatable bonds is 3. The molecule has 1 N–H and O–H groups in total. The highest BCUT2D eigenvalue weighted by molar-refractivity contribution is 6.21. The molecule has 0 atom stereocenters. The Bertz CT molecular complexity index is 349. The topological polar surface area (TPSA) is 38.3 Å². The van der Waals surface area contributed by atoms with Crippen LogP contribution in [0.2, 0.25) is 0 Å². The van der Waals surface area contributed by atoms with Crippen molar-refractivity contribution < 1.29 is 9.53 Å². The molecule has 0 radical (unpaired) electrons. The summed E-state index contributed by atoms with van der Waals surface area (Å²) in [4.78, 5) is 11.3. The molecule has 1 aromatic carbocycles. The van der Waals surface area contributed by atoms with Crippen molar-refractivity contribution in [3.63, 3.8) is 0 Å². The Hall–Kier alpha value is -1.22. The summed E-state index contributed by atoms with van der Waals surface area (Å²) >= 11 is 5.81. The molecule has 0 aromatic heterocycles. The molecule has 1 aliphatic rings. The summed E-state index contributed by atoms with van der Waals surface area (Å²) in [6.07, 6.45) is 1.31. The number of hydrogen-bond donors (Lipinski definition) is 1. The third kappa shape index (κ3) is 3.14. The fourth-order valence-electron chi connectivity index (χ4n) is 1.60. The van der Waals surface area contributed by atoms with Crippen LogP contribution in [0.5, 0.6) is 0 Å². The van der Waals surface area contributed by atoms with Crippen LogP contribution < -0.4 is 5.32 Å². The number of nitrogens with one attached hydrogen (secondary N) is 1. The summed E-state index contributed by atoms with van der Waals surface area (Å²) in [5.41, 5.74) is 0.987. The molecule has 1 aliphatic carbocycles. The van der Waals surface area contributed by atoms with Gasteiger partial charge < -0.3 is 10.1 Å². The normalized spacial score (nSPS) is 23.3. The van der Waals surface area contributed by atoms with Crippen LogP contribution in [0.25, 0.3) is 0 Å². The first-order valence-electron chi connectivity index (χ1n) is 5.35. The lowest BCUT2D eigenvalue weighted by Gasteiger charge is -2.30. The van der Waals surface area contributed by atoms with Crippen LogP contribution in [-0.4, -0.2) is 17.5 Å². The lowest BCUT2D eigenvalue weighted by molar-refractivity contribution is 0.130. The molecule has 1 aromatic rings. The minimum Gasteiger partial charge on any atom is -0.445 e. The van der Waals surface area contributed by atoms with Crippen molar-refractivity contribution in [3.05, 3.63) is 35.9 Å². The van der Waals surface area contributed by atoms with E-state index >= 15 is 0 Å². The SMILES string of the molecule is O=C(NC1CC(Cl)C1)OCc1ccccc1. The van der Waals surface area contributed by atoms with Crippen molar-refractivity contribution in [2.24, 2.45) is 0 Å². The van der Waals surface area contributed by atoms with Crippen LogP contribution in [0.4, 0.5) is 4.79 Å². The molecule has 4 heteroatoms. The van der Waals surface area contributed by atoms with E-state index in [-0.39, 0.29) is 17.5 Å². The van der Waals surface area contributed by atoms with Crippen molar-refractivity contribution >= 4 is 17.7 Å². The van der Waals surface area contributed by atoms with Gasteiger partial charge in [-0.15, -0.1) is 11.6 Å². The van der Waals surface area contributed by atoms with Crippen molar-refractivity contribution in [1.29, 1.82) is 0 Å². The summed E-state index contributed by atoms with van der Waals surface area (Å²) in [6, 6.07) is 9.79. The number of amides is 1. The highest BCUT2D eigenvalue weighted by Gasteiger charge is 2.28. The number of alkyl halides is 1. The van der Waals surface area contributed by atoms with Crippen LogP contribution in [-0.2, 0) is 11.3 Å². The first kappa shape index (κ1) is 11.3. The highest BCUT2D eigenvalue weighted by Crippen LogP contribution is 2.25. The second kappa shape index (κ2) is 5.21. The maximum Gasteiger partial charge on any atom is 0.407 e. The van der Waals surface area contributed by atoms with Gasteiger partial charge in [-0.05, 0) is 18.4 Å². The van der Waals surface area contributed by atoms with Gasteiger partial charge in [0.15, 0.2) is 0 Å². The Morgan fingerprint density at radius 1 is 1.38 bits per heavy atom. The van der Waals surface area contributed by atoms with Gasteiger partial charge in [-0.25, -0.2) is 4.79 Å². The molecule has 0 saturated heterocycles. The average molecular weight is 240 g/mol. The van der Waals surface area contributed by atoms with Crippen LogP contribution in [0.1, 0.15) is 18.4 Å². The molecule has 1 fully saturated rings. The molecule has 0 heterocycles. The number of ether oxygens (including phenoxy) is 1. The minimum absolute atomic E-state index is 0.186. The number of halogens is 1. The van der Waals surface area contributed by atoms with Crippen molar-refractivity contribution in [3.8, 4) is 0 Å². The van der Waals surface area contributed by atoms with E-state index in [2.05, 4.69) is 5.32 Å². The predicted molar refractivity (Wildman–Crippen MR) is 62.4 cm³/mol. The molecule has 86 valence electrons. The fourth-order valence-corrected chi connectivity index (χ4v) is 2.03. The van der Waals surface area contributed by atoms with Crippen molar-refractivity contribution in [2.75, 3.05) is 0 Å². The van der Waals surface area contributed by atoms with E-state index in [1.54, 1.807) is 0 Å². The van der Waals surface area contributed by atoms with Crippen LogP contribution >= 0.6 is 11.6 Å². The largest absolute Gasteiger partial charge is 0.445 e. The Kier molecular flexibility index (Phi) is 3.67. The Labute approximate surface area is 99.7 Å². The molecule has 1 amide bonds. The molecular weight excluding hydrogens is 226 g/mol. The van der Waals surface area contributed by atoms with Gasteiger partial charge in [-0.3, -0.25) is 0 Å². The van der Waals surface area contributed by atoms with E-state index in [4.69, 9.17) is 16.3 Å². The van der Waals surface area contributed by atoms with Crippen molar-refractivity contribution in [2.45, 2.75) is 30.9 Å². The summed E-state index contributed by atoms with van der Waals surface area (Å²) in [5, 5.41) is 2.98. The lowest BCUT2D eigenvalue weighted by atomic mass is 9.93. The van der Waals surface area contributed by atoms with E-state index in [0.717, 1.165) is 18.4 Å². The quantitative estimate of drug-likeness (QED) is 0.824. The van der Waals surface area contributed by atoms with Gasteiger partial charge in [0.05, 0.1) is 0 Å². The van der Waals surface area contributed by atoms with Gasteiger partial charge in [0.25, 0.3) is 0 Å². The Morgan fingerprint density at radius 3 is 2.69 bits per heavy atom. The predicted octanol–water partition coefficient (Wildman–Crippen LogP) is 2.68. The average Bonchev–Trinajstić information content (AvgIpc) is 2.26. The molecule has 0 aliphatic heterocycles. The molecule has 0 bridgehead atoms. The maximum absolute atomic E-state index is 11.3. The standard InChI is InChI=1S/C12H14ClNO2/c13-10-6-11(7-10)14-12(15)16-8-9-4-2-1-3-5-9/h1-5,10-11H,6-8H2,(H,14,15). The molecular formula is C12H14ClNO2. The highest BCUT2D eigenvalue weighted by atomic mass is 35.5. The molecule has 3 nitrogen and oxygen atoms in total. The van der Waals surface area contributed by atoms with Crippen LogP contribution in [0.3, 0.4) is 0 Å². The number of carbonyl (C=O) groups excluding carboxylic acids is 1. The molecule has 1 saturated carbocycles. The van der Waals surface area contributed by atoms with Crippen molar-refractivity contribution in [1.82, 2.24) is 5.32 Å².